The zero-order valence-corrected chi connectivity index (χ0v) is 10.6. The van der Waals surface area contributed by atoms with Gasteiger partial charge in [0.15, 0.2) is 0 Å². The Morgan fingerprint density at radius 1 is 0.944 bits per heavy atom. The van der Waals surface area contributed by atoms with Gasteiger partial charge in [0, 0.05) is 17.5 Å². The van der Waals surface area contributed by atoms with E-state index < -0.39 is 0 Å². The third-order valence-corrected chi connectivity index (χ3v) is 3.13. The Labute approximate surface area is 109 Å². The highest BCUT2D eigenvalue weighted by molar-refractivity contribution is 5.18. The summed E-state index contributed by atoms with van der Waals surface area (Å²) in [5, 5.41) is 2.38. The van der Waals surface area contributed by atoms with Gasteiger partial charge >= 0.3 is 0 Å². The van der Waals surface area contributed by atoms with Gasteiger partial charge in [0.05, 0.1) is 0 Å². The van der Waals surface area contributed by atoms with Crippen molar-refractivity contribution in [2.24, 2.45) is 0 Å². The number of rotatable bonds is 6. The molecule has 2 aromatic carbocycles. The lowest BCUT2D eigenvalue weighted by Crippen LogP contribution is -2.83. The molecule has 0 saturated carbocycles. The highest BCUT2D eigenvalue weighted by Crippen LogP contribution is 2.12. The molecule has 0 saturated heterocycles. The first kappa shape index (κ1) is 12.6. The zero-order chi connectivity index (χ0) is 12.6. The summed E-state index contributed by atoms with van der Waals surface area (Å²) in [6.45, 7) is 4.87. The molecule has 0 aliphatic rings. The number of hydrogen-bond acceptors (Lipinski definition) is 0. The molecule has 92 valence electrons. The normalized spacial score (nSPS) is 12.0. The highest BCUT2D eigenvalue weighted by Gasteiger charge is 2.12. The second-order valence-corrected chi connectivity index (χ2v) is 4.47. The van der Waals surface area contributed by atoms with Crippen molar-refractivity contribution in [3.63, 3.8) is 0 Å². The first-order chi connectivity index (χ1) is 8.90. The van der Waals surface area contributed by atoms with E-state index in [-0.39, 0.29) is 0 Å². The molecule has 0 radical (unpaired) electrons. The van der Waals surface area contributed by atoms with Crippen LogP contribution in [0.4, 0.5) is 0 Å². The Morgan fingerprint density at radius 2 is 1.56 bits per heavy atom. The maximum Gasteiger partial charge on any atom is 0.115 e. The van der Waals surface area contributed by atoms with Gasteiger partial charge in [-0.2, -0.15) is 0 Å². The van der Waals surface area contributed by atoms with E-state index in [9.17, 15) is 0 Å². The smallest absolute Gasteiger partial charge is 0.115 e. The molecule has 0 aliphatic heterocycles. The van der Waals surface area contributed by atoms with Gasteiger partial charge in [-0.05, 0) is 0 Å². The van der Waals surface area contributed by atoms with Crippen molar-refractivity contribution < 1.29 is 5.32 Å². The third-order valence-electron chi connectivity index (χ3n) is 3.13. The summed E-state index contributed by atoms with van der Waals surface area (Å²) in [6.07, 6.45) is 3.00. The van der Waals surface area contributed by atoms with Gasteiger partial charge in [-0.3, -0.25) is 0 Å². The van der Waals surface area contributed by atoms with Gasteiger partial charge in [-0.25, -0.2) is 0 Å². The van der Waals surface area contributed by atoms with Crippen LogP contribution in [0.2, 0.25) is 0 Å². The maximum atomic E-state index is 3.86. The molecule has 1 nitrogen and oxygen atoms in total. The summed E-state index contributed by atoms with van der Waals surface area (Å²) in [7, 11) is 0. The molecule has 2 rings (SSSR count). The molecule has 0 amide bonds. The summed E-state index contributed by atoms with van der Waals surface area (Å²) in [5.41, 5.74) is 2.73. The molecule has 0 fully saturated rings. The van der Waals surface area contributed by atoms with Gasteiger partial charge in [-0.1, -0.05) is 66.7 Å². The average molecular weight is 238 g/mol. The van der Waals surface area contributed by atoms with E-state index in [1.807, 2.05) is 6.08 Å². The first-order valence-corrected chi connectivity index (χ1v) is 6.43. The highest BCUT2D eigenvalue weighted by atomic mass is 14.9. The van der Waals surface area contributed by atoms with E-state index in [2.05, 4.69) is 72.6 Å². The minimum atomic E-state index is 0.462. The Bertz CT molecular complexity index is 461. The Balaban J connectivity index is 2.01. The third kappa shape index (κ3) is 3.57. The van der Waals surface area contributed by atoms with Crippen LogP contribution < -0.4 is 5.32 Å². The van der Waals surface area contributed by atoms with Gasteiger partial charge in [0.25, 0.3) is 0 Å². The molecule has 0 aliphatic carbocycles. The van der Waals surface area contributed by atoms with Gasteiger partial charge in [0.2, 0.25) is 0 Å². The van der Waals surface area contributed by atoms with Crippen molar-refractivity contribution in [2.75, 3.05) is 0 Å². The van der Waals surface area contributed by atoms with Gasteiger partial charge in [0.1, 0.15) is 12.6 Å². The van der Waals surface area contributed by atoms with Crippen LogP contribution in [0, 0.1) is 0 Å². The predicted molar refractivity (Wildman–Crippen MR) is 76.1 cm³/mol. The maximum absolute atomic E-state index is 3.86. The van der Waals surface area contributed by atoms with Crippen LogP contribution in [0.3, 0.4) is 0 Å². The zero-order valence-electron chi connectivity index (χ0n) is 10.6. The fraction of sp³-hybridized carbons (Fsp3) is 0.176. The monoisotopic (exact) mass is 238 g/mol. The van der Waals surface area contributed by atoms with Crippen LogP contribution in [0.1, 0.15) is 23.6 Å². The van der Waals surface area contributed by atoms with E-state index in [1.54, 1.807) is 0 Å². The fourth-order valence-corrected chi connectivity index (χ4v) is 2.14. The van der Waals surface area contributed by atoms with Gasteiger partial charge < -0.3 is 5.32 Å². The summed E-state index contributed by atoms with van der Waals surface area (Å²) in [5.74, 6) is 0. The number of benzene rings is 2. The Morgan fingerprint density at radius 3 is 2.17 bits per heavy atom. The minimum absolute atomic E-state index is 0.462. The summed E-state index contributed by atoms with van der Waals surface area (Å²) in [4.78, 5) is 0. The summed E-state index contributed by atoms with van der Waals surface area (Å²) < 4.78 is 0. The van der Waals surface area contributed by atoms with Crippen LogP contribution in [-0.4, -0.2) is 0 Å². The molecule has 0 bridgehead atoms. The number of quaternary nitrogens is 1. The first-order valence-electron chi connectivity index (χ1n) is 6.43. The molecule has 0 spiro atoms. The molecule has 0 unspecified atom stereocenters. The Hall–Kier alpha value is -1.86. The molecule has 18 heavy (non-hydrogen) atoms. The average Bonchev–Trinajstić information content (AvgIpc) is 2.45. The van der Waals surface area contributed by atoms with Gasteiger partial charge in [-0.15, -0.1) is 6.58 Å². The molecule has 1 heteroatoms. The Kier molecular flexibility index (Phi) is 4.74. The summed E-state index contributed by atoms with van der Waals surface area (Å²) in [6, 6.07) is 21.7. The lowest BCUT2D eigenvalue weighted by Gasteiger charge is -2.14. The molecule has 1 atom stereocenters. The van der Waals surface area contributed by atoms with Crippen molar-refractivity contribution in [1.82, 2.24) is 0 Å². The van der Waals surface area contributed by atoms with E-state index in [0.717, 1.165) is 13.0 Å². The van der Waals surface area contributed by atoms with Crippen LogP contribution in [0.25, 0.3) is 0 Å². The largest absolute Gasteiger partial charge is 0.336 e. The van der Waals surface area contributed by atoms with Crippen molar-refractivity contribution in [2.45, 2.75) is 19.0 Å². The van der Waals surface area contributed by atoms with Crippen LogP contribution >= 0.6 is 0 Å². The second kappa shape index (κ2) is 6.77. The van der Waals surface area contributed by atoms with Crippen molar-refractivity contribution >= 4 is 0 Å². The SMILES string of the molecule is C=CC[C@H]([NH2+]Cc1ccccc1)c1ccccc1. The van der Waals surface area contributed by atoms with Crippen LogP contribution in [0.5, 0.6) is 0 Å². The van der Waals surface area contributed by atoms with Crippen LogP contribution in [-0.2, 0) is 6.54 Å². The lowest BCUT2D eigenvalue weighted by molar-refractivity contribution is -0.710. The molecule has 2 aromatic rings. The predicted octanol–water partition coefficient (Wildman–Crippen LogP) is 3.07. The van der Waals surface area contributed by atoms with E-state index >= 15 is 0 Å². The van der Waals surface area contributed by atoms with Crippen molar-refractivity contribution in [3.8, 4) is 0 Å². The minimum Gasteiger partial charge on any atom is -0.336 e. The van der Waals surface area contributed by atoms with Crippen LogP contribution in [0.15, 0.2) is 73.3 Å². The second-order valence-electron chi connectivity index (χ2n) is 4.47. The van der Waals surface area contributed by atoms with Crippen molar-refractivity contribution in [1.29, 1.82) is 0 Å². The standard InChI is InChI=1S/C17H19N/c1-2-9-17(16-12-7-4-8-13-16)18-14-15-10-5-3-6-11-15/h2-8,10-13,17-18H,1,9,14H2/p+1/t17-/m0/s1. The number of hydrogen-bond donors (Lipinski definition) is 1. The molecule has 0 heterocycles. The number of nitrogens with two attached hydrogens (primary N) is 1. The quantitative estimate of drug-likeness (QED) is 0.745. The van der Waals surface area contributed by atoms with E-state index in [1.165, 1.54) is 11.1 Å². The topological polar surface area (TPSA) is 16.6 Å². The molecular weight excluding hydrogens is 218 g/mol. The fourth-order valence-electron chi connectivity index (χ4n) is 2.14. The lowest BCUT2D eigenvalue weighted by atomic mass is 10.0. The summed E-state index contributed by atoms with van der Waals surface area (Å²) >= 11 is 0. The van der Waals surface area contributed by atoms with Crippen molar-refractivity contribution in [3.05, 3.63) is 84.4 Å². The van der Waals surface area contributed by atoms with E-state index in [0.29, 0.717) is 6.04 Å². The molecule has 0 aromatic heterocycles. The molecule has 2 N–H and O–H groups in total. The van der Waals surface area contributed by atoms with E-state index in [4.69, 9.17) is 0 Å². The molecular formula is C17H20N+.